The number of imide groups is 1. The molecule has 0 N–H and O–H groups in total. The van der Waals surface area contributed by atoms with Crippen LogP contribution in [-0.4, -0.2) is 28.1 Å². The Morgan fingerprint density at radius 2 is 2.04 bits per heavy atom. The van der Waals surface area contributed by atoms with Crippen LogP contribution < -0.4 is 4.74 Å². The summed E-state index contributed by atoms with van der Waals surface area (Å²) in [6.45, 7) is -0.0285. The van der Waals surface area contributed by atoms with Crippen LogP contribution in [0.3, 0.4) is 0 Å². The summed E-state index contributed by atoms with van der Waals surface area (Å²) in [5, 5.41) is 10.5. The topological polar surface area (TPSA) is 89.8 Å². The second kappa shape index (κ2) is 7.93. The van der Waals surface area contributed by atoms with E-state index in [0.717, 1.165) is 21.1 Å². The molecule has 0 bridgehead atoms. The molecule has 0 aromatic heterocycles. The van der Waals surface area contributed by atoms with Gasteiger partial charge in [-0.25, -0.2) is 0 Å². The molecule has 7 nitrogen and oxygen atoms in total. The molecule has 0 radical (unpaired) electrons. The van der Waals surface area contributed by atoms with E-state index < -0.39 is 16.1 Å². The standard InChI is InChI=1S/C18H13BrN2O5S/c1-26-15-6-5-13(19)8-12(15)9-16-17(22)20(18(23)27-16)10-11-3-2-4-14(7-11)21(24)25/h2-9H,10H2,1H3/b16-9+. The highest BCUT2D eigenvalue weighted by Gasteiger charge is 2.35. The van der Waals surface area contributed by atoms with E-state index in [1.807, 2.05) is 6.07 Å². The molecule has 1 aliphatic heterocycles. The maximum atomic E-state index is 12.7. The minimum atomic E-state index is -0.517. The molecule has 0 spiro atoms. The Morgan fingerprint density at radius 3 is 2.74 bits per heavy atom. The summed E-state index contributed by atoms with van der Waals surface area (Å²) in [6, 6.07) is 11.2. The third-order valence-corrected chi connectivity index (χ3v) is 5.21. The average Bonchev–Trinajstić information content (AvgIpc) is 2.89. The van der Waals surface area contributed by atoms with Gasteiger partial charge in [0.05, 0.1) is 23.5 Å². The fourth-order valence-electron chi connectivity index (χ4n) is 2.55. The van der Waals surface area contributed by atoms with Crippen molar-refractivity contribution in [2.24, 2.45) is 0 Å². The molecule has 1 saturated heterocycles. The Kier molecular flexibility index (Phi) is 5.62. The second-order valence-corrected chi connectivity index (χ2v) is 7.49. The zero-order chi connectivity index (χ0) is 19.6. The summed E-state index contributed by atoms with van der Waals surface area (Å²) in [4.78, 5) is 36.6. The summed E-state index contributed by atoms with van der Waals surface area (Å²) >= 11 is 4.19. The van der Waals surface area contributed by atoms with E-state index in [0.29, 0.717) is 16.9 Å². The van der Waals surface area contributed by atoms with E-state index in [1.54, 1.807) is 24.3 Å². The van der Waals surface area contributed by atoms with Gasteiger partial charge < -0.3 is 4.74 Å². The van der Waals surface area contributed by atoms with Crippen molar-refractivity contribution in [3.05, 3.63) is 73.1 Å². The number of carbonyl (C=O) groups is 2. The summed E-state index contributed by atoms with van der Waals surface area (Å²) in [6.07, 6.45) is 1.60. The summed E-state index contributed by atoms with van der Waals surface area (Å²) in [5.74, 6) is 0.127. The highest BCUT2D eigenvalue weighted by Crippen LogP contribution is 2.35. The first-order valence-corrected chi connectivity index (χ1v) is 9.32. The van der Waals surface area contributed by atoms with Crippen molar-refractivity contribution in [2.75, 3.05) is 7.11 Å². The molecule has 2 amide bonds. The van der Waals surface area contributed by atoms with Crippen molar-refractivity contribution in [3.8, 4) is 5.75 Å². The number of nitrogens with zero attached hydrogens (tertiary/aromatic N) is 2. The predicted molar refractivity (Wildman–Crippen MR) is 105 cm³/mol. The van der Waals surface area contributed by atoms with Crippen molar-refractivity contribution in [3.63, 3.8) is 0 Å². The van der Waals surface area contributed by atoms with Crippen LogP contribution in [0.5, 0.6) is 5.75 Å². The first-order valence-electron chi connectivity index (χ1n) is 7.71. The number of hydrogen-bond acceptors (Lipinski definition) is 6. The number of nitro groups is 1. The lowest BCUT2D eigenvalue weighted by Gasteiger charge is -2.12. The smallest absolute Gasteiger partial charge is 0.293 e. The lowest BCUT2D eigenvalue weighted by molar-refractivity contribution is -0.384. The number of methoxy groups -OCH3 is 1. The lowest BCUT2D eigenvalue weighted by atomic mass is 10.1. The van der Waals surface area contributed by atoms with Crippen LogP contribution in [0.1, 0.15) is 11.1 Å². The van der Waals surface area contributed by atoms with Gasteiger partial charge in [-0.15, -0.1) is 0 Å². The van der Waals surface area contributed by atoms with Crippen LogP contribution in [0, 0.1) is 10.1 Å². The molecule has 3 rings (SSSR count). The molecule has 138 valence electrons. The van der Waals surface area contributed by atoms with Gasteiger partial charge in [0.1, 0.15) is 5.75 Å². The van der Waals surface area contributed by atoms with Crippen molar-refractivity contribution in [2.45, 2.75) is 6.54 Å². The van der Waals surface area contributed by atoms with Crippen molar-refractivity contribution in [1.29, 1.82) is 0 Å². The molecule has 0 atom stereocenters. The molecule has 0 unspecified atom stereocenters. The number of benzene rings is 2. The quantitative estimate of drug-likeness (QED) is 0.377. The molecule has 9 heteroatoms. The number of halogens is 1. The van der Waals surface area contributed by atoms with Gasteiger partial charge in [0, 0.05) is 22.2 Å². The molecule has 0 aliphatic carbocycles. The van der Waals surface area contributed by atoms with Crippen LogP contribution in [0.4, 0.5) is 10.5 Å². The van der Waals surface area contributed by atoms with Gasteiger partial charge in [-0.1, -0.05) is 28.1 Å². The number of ether oxygens (including phenoxy) is 1. The summed E-state index contributed by atoms with van der Waals surface area (Å²) in [7, 11) is 1.52. The Balaban J connectivity index is 1.86. The minimum absolute atomic E-state index is 0.0285. The minimum Gasteiger partial charge on any atom is -0.496 e. The molecular weight excluding hydrogens is 436 g/mol. The first kappa shape index (κ1) is 19.1. The van der Waals surface area contributed by atoms with Crippen molar-refractivity contribution >= 4 is 50.6 Å². The van der Waals surface area contributed by atoms with Crippen molar-refractivity contribution < 1.29 is 19.2 Å². The molecule has 1 fully saturated rings. The monoisotopic (exact) mass is 448 g/mol. The third-order valence-electron chi connectivity index (χ3n) is 3.81. The maximum absolute atomic E-state index is 12.7. The van der Waals surface area contributed by atoms with Gasteiger partial charge in [0.2, 0.25) is 0 Å². The number of carbonyl (C=O) groups excluding carboxylic acids is 2. The highest BCUT2D eigenvalue weighted by atomic mass is 79.9. The van der Waals surface area contributed by atoms with Crippen LogP contribution in [0.15, 0.2) is 51.8 Å². The van der Waals surface area contributed by atoms with Gasteiger partial charge in [0.25, 0.3) is 16.8 Å². The van der Waals surface area contributed by atoms with Gasteiger partial charge in [-0.2, -0.15) is 0 Å². The van der Waals surface area contributed by atoms with Crippen molar-refractivity contribution in [1.82, 2.24) is 4.90 Å². The van der Waals surface area contributed by atoms with Crippen LogP contribution in [0.25, 0.3) is 6.08 Å². The fraction of sp³-hybridized carbons (Fsp3) is 0.111. The molecule has 2 aromatic rings. The van der Waals surface area contributed by atoms with Crippen LogP contribution >= 0.6 is 27.7 Å². The van der Waals surface area contributed by atoms with Gasteiger partial charge in [-0.05, 0) is 41.6 Å². The molecule has 27 heavy (non-hydrogen) atoms. The largest absolute Gasteiger partial charge is 0.496 e. The summed E-state index contributed by atoms with van der Waals surface area (Å²) in [5.41, 5.74) is 1.08. The number of non-ortho nitro benzene ring substituents is 1. The lowest BCUT2D eigenvalue weighted by Crippen LogP contribution is -2.27. The third kappa shape index (κ3) is 4.20. The predicted octanol–water partition coefficient (Wildman–Crippen LogP) is 4.60. The zero-order valence-electron chi connectivity index (χ0n) is 14.0. The van der Waals surface area contributed by atoms with E-state index >= 15 is 0 Å². The maximum Gasteiger partial charge on any atom is 0.293 e. The van der Waals surface area contributed by atoms with Gasteiger partial charge in [0.15, 0.2) is 0 Å². The number of amides is 2. The molecule has 1 aliphatic rings. The SMILES string of the molecule is COc1ccc(Br)cc1/C=C1/SC(=O)N(Cc2cccc([N+](=O)[O-])c2)C1=O. The Morgan fingerprint density at radius 1 is 1.26 bits per heavy atom. The Hall–Kier alpha value is -2.65. The normalized spacial score (nSPS) is 15.5. The van der Waals surface area contributed by atoms with E-state index in [2.05, 4.69) is 15.9 Å². The van der Waals surface area contributed by atoms with E-state index in [9.17, 15) is 19.7 Å². The number of nitro benzene ring substituents is 1. The van der Waals surface area contributed by atoms with Gasteiger partial charge in [-0.3, -0.25) is 24.6 Å². The van der Waals surface area contributed by atoms with E-state index in [-0.39, 0.29) is 17.1 Å². The Labute approximate surface area is 167 Å². The number of rotatable bonds is 5. The van der Waals surface area contributed by atoms with E-state index in [4.69, 9.17) is 4.74 Å². The molecule has 1 heterocycles. The number of hydrogen-bond donors (Lipinski definition) is 0. The number of thioether (sulfide) groups is 1. The highest BCUT2D eigenvalue weighted by molar-refractivity contribution is 9.10. The molecule has 0 saturated carbocycles. The van der Waals surface area contributed by atoms with Crippen LogP contribution in [-0.2, 0) is 11.3 Å². The van der Waals surface area contributed by atoms with Crippen LogP contribution in [0.2, 0.25) is 0 Å². The summed E-state index contributed by atoms with van der Waals surface area (Å²) < 4.78 is 6.09. The average molecular weight is 449 g/mol. The second-order valence-electron chi connectivity index (χ2n) is 5.58. The van der Waals surface area contributed by atoms with Gasteiger partial charge >= 0.3 is 0 Å². The fourth-order valence-corrected chi connectivity index (χ4v) is 3.75. The molecular formula is C18H13BrN2O5S. The first-order chi connectivity index (χ1) is 12.9. The van der Waals surface area contributed by atoms with E-state index in [1.165, 1.54) is 25.3 Å². The zero-order valence-corrected chi connectivity index (χ0v) is 16.5. The molecule has 2 aromatic carbocycles. The Bertz CT molecular complexity index is 976.